The molecule has 1 heterocycles. The number of anilines is 1. The Morgan fingerprint density at radius 3 is 2.64 bits per heavy atom. The van der Waals surface area contributed by atoms with E-state index in [1.54, 1.807) is 12.0 Å². The Bertz CT molecular complexity index is 863. The van der Waals surface area contributed by atoms with E-state index in [2.05, 4.69) is 29.6 Å². The quantitative estimate of drug-likeness (QED) is 0.612. The SMILES string of the molecule is COc1cccc(N/C=C(/C#N)C(=O)N2CCC(Cc3ccccc3)CC2)c1. The van der Waals surface area contributed by atoms with Crippen LogP contribution in [-0.4, -0.2) is 31.0 Å². The van der Waals surface area contributed by atoms with Gasteiger partial charge in [0.1, 0.15) is 17.4 Å². The molecule has 0 radical (unpaired) electrons. The molecule has 1 amide bonds. The first-order chi connectivity index (χ1) is 13.7. The van der Waals surface area contributed by atoms with Gasteiger partial charge in [-0.25, -0.2) is 0 Å². The van der Waals surface area contributed by atoms with Crippen LogP contribution in [0.4, 0.5) is 5.69 Å². The maximum absolute atomic E-state index is 12.7. The van der Waals surface area contributed by atoms with Crippen LogP contribution < -0.4 is 10.1 Å². The molecule has 1 saturated heterocycles. The van der Waals surface area contributed by atoms with Gasteiger partial charge in [0, 0.05) is 31.0 Å². The molecule has 1 N–H and O–H groups in total. The first-order valence-electron chi connectivity index (χ1n) is 9.53. The first kappa shape index (κ1) is 19.5. The van der Waals surface area contributed by atoms with Crippen molar-refractivity contribution in [1.82, 2.24) is 4.90 Å². The van der Waals surface area contributed by atoms with E-state index in [1.165, 1.54) is 11.8 Å². The van der Waals surface area contributed by atoms with Gasteiger partial charge in [-0.3, -0.25) is 4.79 Å². The van der Waals surface area contributed by atoms with Crippen molar-refractivity contribution in [3.05, 3.63) is 71.9 Å². The highest BCUT2D eigenvalue weighted by Gasteiger charge is 2.25. The van der Waals surface area contributed by atoms with Gasteiger partial charge in [0.25, 0.3) is 5.91 Å². The number of benzene rings is 2. The van der Waals surface area contributed by atoms with Gasteiger partial charge in [-0.05, 0) is 42.9 Å². The smallest absolute Gasteiger partial charge is 0.266 e. The van der Waals surface area contributed by atoms with Crippen molar-refractivity contribution in [2.24, 2.45) is 5.92 Å². The average Bonchev–Trinajstić information content (AvgIpc) is 2.75. The molecule has 2 aromatic carbocycles. The van der Waals surface area contributed by atoms with E-state index >= 15 is 0 Å². The van der Waals surface area contributed by atoms with Gasteiger partial charge in [0.15, 0.2) is 0 Å². The number of likely N-dealkylation sites (tertiary alicyclic amines) is 1. The van der Waals surface area contributed by atoms with Crippen LogP contribution in [-0.2, 0) is 11.2 Å². The Labute approximate surface area is 166 Å². The Kier molecular flexibility index (Phi) is 6.69. The molecular formula is C23H25N3O2. The number of nitrogens with one attached hydrogen (secondary N) is 1. The summed E-state index contributed by atoms with van der Waals surface area (Å²) in [7, 11) is 1.60. The predicted molar refractivity (Wildman–Crippen MR) is 110 cm³/mol. The number of hydrogen-bond donors (Lipinski definition) is 1. The number of nitriles is 1. The molecule has 5 heteroatoms. The summed E-state index contributed by atoms with van der Waals surface area (Å²) in [6.45, 7) is 1.38. The summed E-state index contributed by atoms with van der Waals surface area (Å²) in [6, 6.07) is 19.8. The molecule has 1 aliphatic rings. The Morgan fingerprint density at radius 2 is 1.96 bits per heavy atom. The molecule has 3 rings (SSSR count). The van der Waals surface area contributed by atoms with Gasteiger partial charge >= 0.3 is 0 Å². The summed E-state index contributed by atoms with van der Waals surface area (Å²) >= 11 is 0. The molecule has 0 aliphatic carbocycles. The second-order valence-electron chi connectivity index (χ2n) is 6.97. The minimum atomic E-state index is -0.212. The van der Waals surface area contributed by atoms with Gasteiger partial charge < -0.3 is 15.0 Å². The Hall–Kier alpha value is -3.26. The fourth-order valence-electron chi connectivity index (χ4n) is 3.47. The lowest BCUT2D eigenvalue weighted by Gasteiger charge is -2.32. The lowest BCUT2D eigenvalue weighted by molar-refractivity contribution is -0.128. The molecule has 1 aliphatic heterocycles. The third-order valence-electron chi connectivity index (χ3n) is 5.07. The van der Waals surface area contributed by atoms with Gasteiger partial charge in [0.05, 0.1) is 7.11 Å². The van der Waals surface area contributed by atoms with E-state index in [-0.39, 0.29) is 11.5 Å². The van der Waals surface area contributed by atoms with Gasteiger partial charge in [-0.15, -0.1) is 0 Å². The summed E-state index contributed by atoms with van der Waals surface area (Å²) < 4.78 is 5.18. The van der Waals surface area contributed by atoms with Crippen molar-refractivity contribution in [3.8, 4) is 11.8 Å². The summed E-state index contributed by atoms with van der Waals surface area (Å²) in [4.78, 5) is 14.5. The van der Waals surface area contributed by atoms with Crippen molar-refractivity contribution >= 4 is 11.6 Å². The van der Waals surface area contributed by atoms with Crippen LogP contribution in [0.25, 0.3) is 0 Å². The number of nitrogens with zero attached hydrogens (tertiary/aromatic N) is 2. The average molecular weight is 375 g/mol. The number of ether oxygens (including phenoxy) is 1. The van der Waals surface area contributed by atoms with E-state index in [1.807, 2.05) is 36.4 Å². The molecule has 0 saturated carbocycles. The number of carbonyl (C=O) groups excluding carboxylic acids is 1. The van der Waals surface area contributed by atoms with E-state index in [4.69, 9.17) is 4.74 Å². The zero-order chi connectivity index (χ0) is 19.8. The summed E-state index contributed by atoms with van der Waals surface area (Å²) in [5.74, 6) is 1.08. The number of carbonyl (C=O) groups is 1. The highest BCUT2D eigenvalue weighted by atomic mass is 16.5. The van der Waals surface area contributed by atoms with Crippen LogP contribution >= 0.6 is 0 Å². The third-order valence-corrected chi connectivity index (χ3v) is 5.07. The van der Waals surface area contributed by atoms with Crippen molar-refractivity contribution in [2.75, 3.05) is 25.5 Å². The van der Waals surface area contributed by atoms with Gasteiger partial charge in [-0.1, -0.05) is 36.4 Å². The molecule has 2 aromatic rings. The summed E-state index contributed by atoms with van der Waals surface area (Å²) in [5.41, 5.74) is 2.22. The first-order valence-corrected chi connectivity index (χ1v) is 9.53. The minimum absolute atomic E-state index is 0.115. The fourth-order valence-corrected chi connectivity index (χ4v) is 3.47. The van der Waals surface area contributed by atoms with Crippen LogP contribution in [0.3, 0.4) is 0 Å². The van der Waals surface area contributed by atoms with Crippen LogP contribution in [0.15, 0.2) is 66.4 Å². The molecular weight excluding hydrogens is 350 g/mol. The normalized spacial score (nSPS) is 15.0. The number of methoxy groups -OCH3 is 1. The zero-order valence-corrected chi connectivity index (χ0v) is 16.1. The van der Waals surface area contributed by atoms with Gasteiger partial charge in [-0.2, -0.15) is 5.26 Å². The van der Waals surface area contributed by atoms with E-state index < -0.39 is 0 Å². The van der Waals surface area contributed by atoms with Crippen LogP contribution in [0.2, 0.25) is 0 Å². The molecule has 0 unspecified atom stereocenters. The lowest BCUT2D eigenvalue weighted by atomic mass is 9.90. The monoisotopic (exact) mass is 375 g/mol. The highest BCUT2D eigenvalue weighted by Crippen LogP contribution is 2.23. The third kappa shape index (κ3) is 5.14. The maximum atomic E-state index is 12.7. The van der Waals surface area contributed by atoms with E-state index in [0.29, 0.717) is 24.8 Å². The zero-order valence-electron chi connectivity index (χ0n) is 16.1. The van der Waals surface area contributed by atoms with Crippen molar-refractivity contribution in [1.29, 1.82) is 5.26 Å². The van der Waals surface area contributed by atoms with Crippen molar-refractivity contribution in [3.63, 3.8) is 0 Å². The van der Waals surface area contributed by atoms with E-state index in [9.17, 15) is 10.1 Å². The summed E-state index contributed by atoms with van der Waals surface area (Å²) in [5, 5.41) is 12.4. The van der Waals surface area contributed by atoms with Crippen LogP contribution in [0.5, 0.6) is 5.75 Å². The molecule has 144 valence electrons. The standard InChI is InChI=1S/C23H25N3O2/c1-28-22-9-5-8-21(15-22)25-17-20(16-24)23(27)26-12-10-19(11-13-26)14-18-6-3-2-4-7-18/h2-9,15,17,19,25H,10-14H2,1H3/b20-17-. The molecule has 1 fully saturated rings. The van der Waals surface area contributed by atoms with Crippen molar-refractivity contribution < 1.29 is 9.53 Å². The maximum Gasteiger partial charge on any atom is 0.266 e. The van der Waals surface area contributed by atoms with Crippen LogP contribution in [0, 0.1) is 17.2 Å². The molecule has 0 spiro atoms. The second-order valence-corrected chi connectivity index (χ2v) is 6.97. The molecule has 0 atom stereocenters. The molecule has 28 heavy (non-hydrogen) atoms. The summed E-state index contributed by atoms with van der Waals surface area (Å²) in [6.07, 6.45) is 4.44. The Balaban J connectivity index is 1.55. The van der Waals surface area contributed by atoms with Crippen LogP contribution in [0.1, 0.15) is 18.4 Å². The predicted octanol–water partition coefficient (Wildman–Crippen LogP) is 4.00. The molecule has 0 bridgehead atoms. The minimum Gasteiger partial charge on any atom is -0.497 e. The fraction of sp³-hybridized carbons (Fsp3) is 0.304. The Morgan fingerprint density at radius 1 is 1.21 bits per heavy atom. The largest absolute Gasteiger partial charge is 0.497 e. The second kappa shape index (κ2) is 9.61. The molecule has 5 nitrogen and oxygen atoms in total. The highest BCUT2D eigenvalue weighted by molar-refractivity contribution is 5.97. The van der Waals surface area contributed by atoms with Crippen molar-refractivity contribution in [2.45, 2.75) is 19.3 Å². The molecule has 0 aromatic heterocycles. The lowest BCUT2D eigenvalue weighted by Crippen LogP contribution is -2.39. The number of rotatable bonds is 6. The topological polar surface area (TPSA) is 65.4 Å². The van der Waals surface area contributed by atoms with Gasteiger partial charge in [0.2, 0.25) is 0 Å². The number of piperidine rings is 1. The number of hydrogen-bond acceptors (Lipinski definition) is 4. The van der Waals surface area contributed by atoms with E-state index in [0.717, 1.165) is 24.9 Å². The number of amides is 1.